The van der Waals surface area contributed by atoms with E-state index >= 15 is 0 Å². The summed E-state index contributed by atoms with van der Waals surface area (Å²) in [4.78, 5) is 38.3. The highest BCUT2D eigenvalue weighted by molar-refractivity contribution is 5.71. The minimum atomic E-state index is -0.791. The Bertz CT molecular complexity index is 1400. The molecule has 0 heterocycles. The van der Waals surface area contributed by atoms with Gasteiger partial charge in [-0.15, -0.1) is 0 Å². The van der Waals surface area contributed by atoms with E-state index in [1.54, 1.807) is 0 Å². The van der Waals surface area contributed by atoms with Crippen LogP contribution in [0.25, 0.3) is 0 Å². The first-order valence-electron chi connectivity index (χ1n) is 31.1. The van der Waals surface area contributed by atoms with Crippen molar-refractivity contribution in [2.45, 2.75) is 309 Å². The van der Waals surface area contributed by atoms with Gasteiger partial charge in [-0.3, -0.25) is 14.4 Å². The summed E-state index contributed by atoms with van der Waals surface area (Å²) < 4.78 is 16.9. The van der Waals surface area contributed by atoms with Crippen molar-refractivity contribution in [3.05, 3.63) is 85.1 Å². The third kappa shape index (κ3) is 59.3. The third-order valence-corrected chi connectivity index (χ3v) is 13.3. The summed E-state index contributed by atoms with van der Waals surface area (Å²) in [5.74, 6) is -0.907. The van der Waals surface area contributed by atoms with E-state index in [4.69, 9.17) is 14.2 Å². The van der Waals surface area contributed by atoms with E-state index in [0.717, 1.165) is 109 Å². The van der Waals surface area contributed by atoms with Crippen molar-refractivity contribution in [1.29, 1.82) is 0 Å². The first-order chi connectivity index (χ1) is 36.0. The molecule has 0 aromatic heterocycles. The average molecular weight is 1020 g/mol. The van der Waals surface area contributed by atoms with Gasteiger partial charge in [-0.05, 0) is 122 Å². The summed E-state index contributed by atoms with van der Waals surface area (Å²) >= 11 is 0. The van der Waals surface area contributed by atoms with Crippen molar-refractivity contribution in [2.24, 2.45) is 0 Å². The molecule has 0 aliphatic heterocycles. The average Bonchev–Trinajstić information content (AvgIpc) is 3.39. The van der Waals surface area contributed by atoms with E-state index in [1.165, 1.54) is 154 Å². The van der Waals surface area contributed by atoms with Gasteiger partial charge in [0.2, 0.25) is 0 Å². The van der Waals surface area contributed by atoms with Gasteiger partial charge in [0.05, 0.1) is 0 Å². The van der Waals surface area contributed by atoms with E-state index in [9.17, 15) is 14.4 Å². The van der Waals surface area contributed by atoms with Crippen molar-refractivity contribution in [1.82, 2.24) is 0 Å². The number of rotatable bonds is 56. The number of hydrogen-bond acceptors (Lipinski definition) is 6. The van der Waals surface area contributed by atoms with Crippen molar-refractivity contribution >= 4 is 17.9 Å². The van der Waals surface area contributed by atoms with Gasteiger partial charge in [0.15, 0.2) is 6.10 Å². The Morgan fingerprint density at radius 2 is 0.493 bits per heavy atom. The third-order valence-electron chi connectivity index (χ3n) is 13.3. The lowest BCUT2D eigenvalue weighted by atomic mass is 10.1. The van der Waals surface area contributed by atoms with Gasteiger partial charge in [0.25, 0.3) is 0 Å². The minimum absolute atomic E-state index is 0.0880. The largest absolute Gasteiger partial charge is 0.462 e. The molecular weight excluding hydrogens is 901 g/mol. The summed E-state index contributed by atoms with van der Waals surface area (Å²) in [7, 11) is 0. The van der Waals surface area contributed by atoms with Gasteiger partial charge in [-0.25, -0.2) is 0 Å². The smallest absolute Gasteiger partial charge is 0.306 e. The zero-order valence-electron chi connectivity index (χ0n) is 48.1. The van der Waals surface area contributed by atoms with Crippen molar-refractivity contribution in [3.63, 3.8) is 0 Å². The number of unbranched alkanes of at least 4 members (excludes halogenated alkanes) is 31. The number of ether oxygens (including phenoxy) is 3. The standard InChI is InChI=1S/C67H116O6/c1-4-7-10-13-16-19-22-25-28-30-31-32-33-34-35-37-39-42-45-48-51-54-57-60-66(69)72-63-64(62-71-65(68)59-56-53-50-47-44-41-38-27-24-21-18-15-12-9-6-3)73-67(70)61-58-55-52-49-46-43-40-36-29-26-23-20-17-14-11-8-5-2/h17-18,20-22,25-27,29-31,33-34,38,64H,4-16,19,23-24,28,32,35-37,39-63H2,1-3H3/b20-17-,21-18-,25-22-,29-26-,31-30-,34-33-,38-27-. The summed E-state index contributed by atoms with van der Waals surface area (Å²) in [5, 5.41) is 0. The van der Waals surface area contributed by atoms with Crippen LogP contribution in [0, 0.1) is 0 Å². The fraction of sp³-hybridized carbons (Fsp3) is 0.746. The second-order valence-corrected chi connectivity index (χ2v) is 20.6. The quantitative estimate of drug-likeness (QED) is 0.0261. The molecule has 1 atom stereocenters. The summed E-state index contributed by atoms with van der Waals surface area (Å²) in [6.07, 6.45) is 80.0. The maximum absolute atomic E-state index is 12.9. The summed E-state index contributed by atoms with van der Waals surface area (Å²) in [6, 6.07) is 0. The summed E-state index contributed by atoms with van der Waals surface area (Å²) in [5.41, 5.74) is 0. The molecular formula is C67H116O6. The van der Waals surface area contributed by atoms with Gasteiger partial charge in [0, 0.05) is 19.3 Å². The number of esters is 3. The maximum atomic E-state index is 12.9. The zero-order chi connectivity index (χ0) is 52.9. The molecule has 0 aromatic rings. The van der Waals surface area contributed by atoms with Crippen LogP contribution in [0.3, 0.4) is 0 Å². The van der Waals surface area contributed by atoms with Crippen molar-refractivity contribution in [2.75, 3.05) is 13.2 Å². The van der Waals surface area contributed by atoms with Gasteiger partial charge >= 0.3 is 17.9 Å². The predicted molar refractivity (Wildman–Crippen MR) is 316 cm³/mol. The molecule has 0 aromatic carbocycles. The Balaban J connectivity index is 4.39. The van der Waals surface area contributed by atoms with Crippen LogP contribution in [-0.2, 0) is 28.6 Å². The molecule has 0 radical (unpaired) electrons. The second-order valence-electron chi connectivity index (χ2n) is 20.6. The predicted octanol–water partition coefficient (Wildman–Crippen LogP) is 21.1. The van der Waals surface area contributed by atoms with E-state index in [2.05, 4.69) is 106 Å². The van der Waals surface area contributed by atoms with Crippen LogP contribution in [0.4, 0.5) is 0 Å². The molecule has 0 rings (SSSR count). The highest BCUT2D eigenvalue weighted by atomic mass is 16.6. The lowest BCUT2D eigenvalue weighted by Gasteiger charge is -2.18. The van der Waals surface area contributed by atoms with Crippen LogP contribution in [0.2, 0.25) is 0 Å². The molecule has 0 aliphatic carbocycles. The molecule has 0 saturated carbocycles. The van der Waals surface area contributed by atoms with Gasteiger partial charge in [0.1, 0.15) is 13.2 Å². The molecule has 6 nitrogen and oxygen atoms in total. The monoisotopic (exact) mass is 1020 g/mol. The van der Waals surface area contributed by atoms with E-state index in [-0.39, 0.29) is 31.1 Å². The molecule has 0 N–H and O–H groups in total. The van der Waals surface area contributed by atoms with Crippen LogP contribution in [-0.4, -0.2) is 37.2 Å². The molecule has 0 aliphatic rings. The fourth-order valence-corrected chi connectivity index (χ4v) is 8.63. The van der Waals surface area contributed by atoms with Gasteiger partial charge in [-0.1, -0.05) is 247 Å². The molecule has 0 fully saturated rings. The molecule has 73 heavy (non-hydrogen) atoms. The minimum Gasteiger partial charge on any atom is -0.462 e. The number of hydrogen-bond donors (Lipinski definition) is 0. The van der Waals surface area contributed by atoms with Crippen LogP contribution in [0.5, 0.6) is 0 Å². The van der Waals surface area contributed by atoms with E-state index in [1.807, 2.05) is 0 Å². The Morgan fingerprint density at radius 1 is 0.274 bits per heavy atom. The molecule has 1 unspecified atom stereocenters. The van der Waals surface area contributed by atoms with Crippen LogP contribution < -0.4 is 0 Å². The lowest BCUT2D eigenvalue weighted by Crippen LogP contribution is -2.30. The van der Waals surface area contributed by atoms with Crippen LogP contribution >= 0.6 is 0 Å². The van der Waals surface area contributed by atoms with Crippen molar-refractivity contribution in [3.8, 4) is 0 Å². The molecule has 6 heteroatoms. The maximum Gasteiger partial charge on any atom is 0.306 e. The molecule has 0 saturated heterocycles. The first-order valence-corrected chi connectivity index (χ1v) is 31.1. The first kappa shape index (κ1) is 69.6. The molecule has 420 valence electrons. The Labute approximate surface area is 452 Å². The SMILES string of the molecule is CCCCC/C=C\C/C=C\CCCCCCCCCC(=O)OC(COC(=O)CCCCCCC/C=C\C/C=C\CCCCC)COC(=O)CCCCCCCCCC/C=C\C/C=C\C/C=C\CCCCCCC. The molecule has 0 spiro atoms. The Hall–Kier alpha value is -3.41. The second kappa shape index (κ2) is 61.1. The summed E-state index contributed by atoms with van der Waals surface area (Å²) in [6.45, 7) is 6.57. The Morgan fingerprint density at radius 3 is 0.795 bits per heavy atom. The van der Waals surface area contributed by atoms with Crippen LogP contribution in [0.15, 0.2) is 85.1 Å². The topological polar surface area (TPSA) is 78.9 Å². The number of carbonyl (C=O) groups is 3. The van der Waals surface area contributed by atoms with Gasteiger partial charge < -0.3 is 14.2 Å². The Kier molecular flexibility index (Phi) is 58.3. The van der Waals surface area contributed by atoms with Gasteiger partial charge in [-0.2, -0.15) is 0 Å². The lowest BCUT2D eigenvalue weighted by molar-refractivity contribution is -0.167. The number of allylic oxidation sites excluding steroid dienone is 14. The number of carbonyl (C=O) groups excluding carboxylic acids is 3. The molecule has 0 amide bonds. The fourth-order valence-electron chi connectivity index (χ4n) is 8.63. The highest BCUT2D eigenvalue weighted by Crippen LogP contribution is 2.15. The normalized spacial score (nSPS) is 12.6. The molecule has 0 bridgehead atoms. The zero-order valence-corrected chi connectivity index (χ0v) is 48.1. The van der Waals surface area contributed by atoms with E-state index in [0.29, 0.717) is 19.3 Å². The van der Waals surface area contributed by atoms with Crippen molar-refractivity contribution < 1.29 is 28.6 Å². The van der Waals surface area contributed by atoms with E-state index < -0.39 is 6.10 Å². The highest BCUT2D eigenvalue weighted by Gasteiger charge is 2.19. The van der Waals surface area contributed by atoms with Crippen LogP contribution in [0.1, 0.15) is 303 Å².